The fraction of sp³-hybridized carbons (Fsp3) is 0.0968. The van der Waals surface area contributed by atoms with Crippen LogP contribution in [-0.2, 0) is 18.0 Å². The van der Waals surface area contributed by atoms with Gasteiger partial charge in [-0.3, -0.25) is 0 Å². The van der Waals surface area contributed by atoms with E-state index < -0.39 is 12.1 Å². The van der Waals surface area contributed by atoms with E-state index in [0.29, 0.717) is 34.3 Å². The molecule has 4 aromatic carbocycles. The zero-order valence-corrected chi connectivity index (χ0v) is 21.0. The van der Waals surface area contributed by atoms with Crippen molar-refractivity contribution in [3.63, 3.8) is 0 Å². The lowest BCUT2D eigenvalue weighted by atomic mass is 10.1. The molecule has 1 atom stereocenters. The van der Waals surface area contributed by atoms with Crippen molar-refractivity contribution in [2.24, 2.45) is 0 Å². The molecule has 0 spiro atoms. The number of nitrogens with zero attached hydrogens (tertiary/aromatic N) is 1. The zero-order chi connectivity index (χ0) is 26.3. The van der Waals surface area contributed by atoms with E-state index in [1.54, 1.807) is 54.6 Å². The minimum atomic E-state index is -1.21. The van der Waals surface area contributed by atoms with Gasteiger partial charge in [-0.15, -0.1) is 0 Å². The van der Waals surface area contributed by atoms with Gasteiger partial charge in [-0.1, -0.05) is 78.3 Å². The summed E-state index contributed by atoms with van der Waals surface area (Å²) in [4.78, 5) is 16.6. The number of carbonyl (C=O) groups is 1. The summed E-state index contributed by atoms with van der Waals surface area (Å²) in [6.45, 7) is 0.485. The second-order valence-electron chi connectivity index (χ2n) is 8.52. The summed E-state index contributed by atoms with van der Waals surface area (Å²) in [6.07, 6.45) is -1.21. The number of carboxylic acids is 1. The lowest BCUT2D eigenvalue weighted by Gasteiger charge is -2.19. The van der Waals surface area contributed by atoms with Crippen LogP contribution in [0.5, 0.6) is 17.2 Å². The van der Waals surface area contributed by atoms with E-state index in [4.69, 9.17) is 25.8 Å². The van der Waals surface area contributed by atoms with E-state index in [1.165, 1.54) is 0 Å². The molecule has 0 radical (unpaired) electrons. The first-order valence-electron chi connectivity index (χ1n) is 12.0. The topological polar surface area (TPSA) is 77.9 Å². The van der Waals surface area contributed by atoms with Crippen molar-refractivity contribution in [1.29, 1.82) is 0 Å². The van der Waals surface area contributed by atoms with Gasteiger partial charge in [-0.25, -0.2) is 9.78 Å². The molecule has 190 valence electrons. The quantitative estimate of drug-likeness (QED) is 0.207. The van der Waals surface area contributed by atoms with Crippen LogP contribution in [-0.4, -0.2) is 16.1 Å². The molecule has 1 unspecified atom stereocenters. The van der Waals surface area contributed by atoms with Crippen molar-refractivity contribution in [2.45, 2.75) is 19.3 Å². The minimum absolute atomic E-state index is 0.137. The molecule has 0 aliphatic carbocycles. The van der Waals surface area contributed by atoms with Gasteiger partial charge in [0.15, 0.2) is 0 Å². The highest BCUT2D eigenvalue weighted by atomic mass is 35.5. The molecule has 0 saturated heterocycles. The fourth-order valence-corrected chi connectivity index (χ4v) is 4.18. The van der Waals surface area contributed by atoms with Crippen molar-refractivity contribution < 1.29 is 24.1 Å². The first-order chi connectivity index (χ1) is 18.6. The largest absolute Gasteiger partial charge is 0.489 e. The molecule has 0 amide bonds. The van der Waals surface area contributed by atoms with Crippen LogP contribution in [0.2, 0.25) is 5.02 Å². The van der Waals surface area contributed by atoms with Crippen molar-refractivity contribution in [3.8, 4) is 17.2 Å². The SMILES string of the molecule is O=C(O)C(Oc1c(Cl)cccc1COc1ccc(OCc2ccc3ccccc3n2)cc1)c1ccccc1. The number of aliphatic carboxylic acids is 1. The maximum absolute atomic E-state index is 11.9. The summed E-state index contributed by atoms with van der Waals surface area (Å²) in [5.74, 6) is 0.460. The Morgan fingerprint density at radius 2 is 1.45 bits per heavy atom. The maximum atomic E-state index is 11.9. The van der Waals surface area contributed by atoms with Gasteiger partial charge in [0.25, 0.3) is 0 Å². The van der Waals surface area contributed by atoms with Crippen molar-refractivity contribution in [3.05, 3.63) is 131 Å². The van der Waals surface area contributed by atoms with E-state index in [9.17, 15) is 9.90 Å². The predicted octanol–water partition coefficient (Wildman–Crippen LogP) is 7.25. The van der Waals surface area contributed by atoms with Gasteiger partial charge in [0.1, 0.15) is 30.5 Å². The molecule has 6 nitrogen and oxygen atoms in total. The smallest absolute Gasteiger partial charge is 0.349 e. The highest BCUT2D eigenvalue weighted by Gasteiger charge is 2.24. The first kappa shape index (κ1) is 25.1. The van der Waals surface area contributed by atoms with Crippen LogP contribution in [0.15, 0.2) is 109 Å². The monoisotopic (exact) mass is 525 g/mol. The molecule has 5 rings (SSSR count). The average Bonchev–Trinajstić information content (AvgIpc) is 2.95. The van der Waals surface area contributed by atoms with Gasteiger partial charge >= 0.3 is 5.97 Å². The second-order valence-corrected chi connectivity index (χ2v) is 8.93. The van der Waals surface area contributed by atoms with Crippen LogP contribution in [0.25, 0.3) is 10.9 Å². The average molecular weight is 526 g/mol. The van der Waals surface area contributed by atoms with E-state index in [2.05, 4.69) is 4.98 Å². The number of ether oxygens (including phenoxy) is 3. The van der Waals surface area contributed by atoms with E-state index in [1.807, 2.05) is 54.6 Å². The number of rotatable bonds is 10. The van der Waals surface area contributed by atoms with E-state index >= 15 is 0 Å². The molecular weight excluding hydrogens is 502 g/mol. The Labute approximate surface area is 225 Å². The summed E-state index contributed by atoms with van der Waals surface area (Å²) < 4.78 is 17.7. The molecule has 0 aliphatic heterocycles. The maximum Gasteiger partial charge on any atom is 0.349 e. The number of fused-ring (bicyclic) bond motifs is 1. The minimum Gasteiger partial charge on any atom is -0.489 e. The zero-order valence-electron chi connectivity index (χ0n) is 20.3. The standard InChI is InChI=1S/C31H24ClNO5/c32-27-11-6-10-23(29(27)38-30(31(34)35)22-8-2-1-3-9-22)19-36-25-15-17-26(18-16-25)37-20-24-14-13-21-7-4-5-12-28(21)33-24/h1-18,30H,19-20H2,(H,34,35). The molecule has 0 saturated carbocycles. The van der Waals surface area contributed by atoms with Gasteiger partial charge in [-0.2, -0.15) is 0 Å². The number of halogens is 1. The highest BCUT2D eigenvalue weighted by molar-refractivity contribution is 6.32. The Hall–Kier alpha value is -4.55. The molecule has 0 bridgehead atoms. The molecule has 1 heterocycles. The number of carboxylic acid groups (broad SMARTS) is 1. The van der Waals surface area contributed by atoms with E-state index in [-0.39, 0.29) is 12.4 Å². The molecule has 5 aromatic rings. The second kappa shape index (κ2) is 11.7. The van der Waals surface area contributed by atoms with Crippen molar-refractivity contribution >= 4 is 28.5 Å². The Morgan fingerprint density at radius 1 is 0.763 bits per heavy atom. The van der Waals surface area contributed by atoms with Crippen LogP contribution in [0.3, 0.4) is 0 Å². The van der Waals surface area contributed by atoms with Crippen LogP contribution in [0.1, 0.15) is 22.9 Å². The molecule has 0 aliphatic rings. The number of para-hydroxylation sites is 2. The molecule has 1 N–H and O–H groups in total. The summed E-state index contributed by atoms with van der Waals surface area (Å²) in [5, 5.41) is 11.1. The Morgan fingerprint density at radius 3 is 2.18 bits per heavy atom. The third-order valence-electron chi connectivity index (χ3n) is 5.87. The molecule has 38 heavy (non-hydrogen) atoms. The van der Waals surface area contributed by atoms with Gasteiger partial charge in [0.2, 0.25) is 6.10 Å². The third kappa shape index (κ3) is 6.05. The predicted molar refractivity (Wildman–Crippen MR) is 146 cm³/mol. The molecule has 0 fully saturated rings. The highest BCUT2D eigenvalue weighted by Crippen LogP contribution is 2.34. The molecule has 7 heteroatoms. The number of benzene rings is 4. The molecule has 1 aromatic heterocycles. The summed E-state index contributed by atoms with van der Waals surface area (Å²) in [7, 11) is 0. The van der Waals surface area contributed by atoms with Gasteiger partial charge in [0.05, 0.1) is 16.2 Å². The van der Waals surface area contributed by atoms with Gasteiger partial charge in [-0.05, 0) is 42.5 Å². The Bertz CT molecular complexity index is 1540. The number of pyridine rings is 1. The van der Waals surface area contributed by atoms with E-state index in [0.717, 1.165) is 16.6 Å². The lowest BCUT2D eigenvalue weighted by molar-refractivity contribution is -0.145. The van der Waals surface area contributed by atoms with Gasteiger partial charge < -0.3 is 19.3 Å². The van der Waals surface area contributed by atoms with Crippen LogP contribution >= 0.6 is 11.6 Å². The van der Waals surface area contributed by atoms with Crippen molar-refractivity contribution in [2.75, 3.05) is 0 Å². The summed E-state index contributed by atoms with van der Waals surface area (Å²) in [5.41, 5.74) is 2.91. The van der Waals surface area contributed by atoms with Gasteiger partial charge in [0, 0.05) is 16.5 Å². The molecular formula is C31H24ClNO5. The number of hydrogen-bond acceptors (Lipinski definition) is 5. The summed E-state index contributed by atoms with van der Waals surface area (Å²) in [6, 6.07) is 33.1. The summed E-state index contributed by atoms with van der Waals surface area (Å²) >= 11 is 6.39. The van der Waals surface area contributed by atoms with Crippen LogP contribution in [0, 0.1) is 0 Å². The van der Waals surface area contributed by atoms with Crippen LogP contribution in [0.4, 0.5) is 0 Å². The first-order valence-corrected chi connectivity index (χ1v) is 12.4. The Balaban J connectivity index is 1.23. The lowest BCUT2D eigenvalue weighted by Crippen LogP contribution is -2.19. The third-order valence-corrected chi connectivity index (χ3v) is 6.17. The normalized spacial score (nSPS) is 11.6. The van der Waals surface area contributed by atoms with Crippen molar-refractivity contribution in [1.82, 2.24) is 4.98 Å². The number of aromatic nitrogens is 1. The fourth-order valence-electron chi connectivity index (χ4n) is 3.94. The van der Waals surface area contributed by atoms with Crippen LogP contribution < -0.4 is 14.2 Å². The number of hydrogen-bond donors (Lipinski definition) is 1. The Kier molecular flexibility index (Phi) is 7.71.